The Labute approximate surface area is 168 Å². The minimum absolute atomic E-state index is 0.0425. The Morgan fingerprint density at radius 2 is 1.54 bits per heavy atom. The van der Waals surface area contributed by atoms with E-state index in [-0.39, 0.29) is 5.91 Å². The summed E-state index contributed by atoms with van der Waals surface area (Å²) in [6, 6.07) is 17.7. The van der Waals surface area contributed by atoms with E-state index in [2.05, 4.69) is 4.90 Å². The predicted molar refractivity (Wildman–Crippen MR) is 113 cm³/mol. The summed E-state index contributed by atoms with van der Waals surface area (Å²) in [6.45, 7) is 4.46. The molecule has 2 aliphatic rings. The van der Waals surface area contributed by atoms with E-state index in [0.717, 1.165) is 36.4 Å². The molecule has 4 heteroatoms. The Hall–Kier alpha value is -2.33. The van der Waals surface area contributed by atoms with Gasteiger partial charge in [-0.1, -0.05) is 55.3 Å². The van der Waals surface area contributed by atoms with Gasteiger partial charge in [0, 0.05) is 12.1 Å². The minimum Gasteiger partial charge on any atom is -0.474 e. The standard InChI is InChI=1S/C24H30N2O2/c27-24-23(20-12-4-1-5-13-20)28-22-15-7-6-14-21(22)26(24)19-11-3-10-18-25-16-8-2-9-17-25/h1,4-7,12-15,23H,2-3,8-11,16-19H2. The number of anilines is 1. The summed E-state index contributed by atoms with van der Waals surface area (Å²) >= 11 is 0. The first kappa shape index (κ1) is 19.0. The van der Waals surface area contributed by atoms with Crippen LogP contribution in [0.1, 0.15) is 50.2 Å². The van der Waals surface area contributed by atoms with Gasteiger partial charge in [0.05, 0.1) is 5.69 Å². The van der Waals surface area contributed by atoms with Crippen LogP contribution in [0.2, 0.25) is 0 Å². The number of ether oxygens (including phenoxy) is 1. The van der Waals surface area contributed by atoms with Gasteiger partial charge in [0.25, 0.3) is 5.91 Å². The van der Waals surface area contributed by atoms with Gasteiger partial charge in [-0.2, -0.15) is 0 Å². The first-order chi connectivity index (χ1) is 13.8. The van der Waals surface area contributed by atoms with E-state index in [0.29, 0.717) is 0 Å². The second-order valence-corrected chi connectivity index (χ2v) is 7.83. The SMILES string of the molecule is O=C1C(c2ccccc2)Oc2ccccc2N1CCCCCN1CCCCC1. The molecule has 2 heterocycles. The normalized spacial score (nSPS) is 19.9. The molecule has 0 radical (unpaired) electrons. The minimum atomic E-state index is -0.551. The lowest BCUT2D eigenvalue weighted by atomic mass is 10.0. The number of unbranched alkanes of at least 4 members (excludes halogenated alkanes) is 2. The maximum atomic E-state index is 13.2. The van der Waals surface area contributed by atoms with Crippen molar-refractivity contribution < 1.29 is 9.53 Å². The highest BCUT2D eigenvalue weighted by Gasteiger charge is 2.34. The molecule has 1 saturated heterocycles. The number of benzene rings is 2. The summed E-state index contributed by atoms with van der Waals surface area (Å²) in [5.41, 5.74) is 1.81. The van der Waals surface area contributed by atoms with Gasteiger partial charge in [0.1, 0.15) is 5.75 Å². The Bertz CT molecular complexity index is 771. The van der Waals surface area contributed by atoms with Crippen LogP contribution in [-0.2, 0) is 4.79 Å². The summed E-state index contributed by atoms with van der Waals surface area (Å²) in [7, 11) is 0. The molecular formula is C24H30N2O2. The van der Waals surface area contributed by atoms with E-state index >= 15 is 0 Å². The molecule has 2 aromatic carbocycles. The number of likely N-dealkylation sites (tertiary alicyclic amines) is 1. The van der Waals surface area contributed by atoms with E-state index < -0.39 is 6.10 Å². The lowest BCUT2D eigenvalue weighted by molar-refractivity contribution is -0.126. The quantitative estimate of drug-likeness (QED) is 0.648. The Balaban J connectivity index is 1.38. The average Bonchev–Trinajstić information content (AvgIpc) is 2.76. The molecule has 0 aliphatic carbocycles. The van der Waals surface area contributed by atoms with Crippen molar-refractivity contribution in [1.29, 1.82) is 0 Å². The Morgan fingerprint density at radius 3 is 2.36 bits per heavy atom. The maximum Gasteiger partial charge on any atom is 0.272 e. The third-order valence-corrected chi connectivity index (χ3v) is 5.80. The highest BCUT2D eigenvalue weighted by Crippen LogP contribution is 2.38. The van der Waals surface area contributed by atoms with E-state index in [1.807, 2.05) is 59.5 Å². The van der Waals surface area contributed by atoms with Crippen LogP contribution in [0.15, 0.2) is 54.6 Å². The van der Waals surface area contributed by atoms with Crippen LogP contribution in [0.25, 0.3) is 0 Å². The summed E-state index contributed by atoms with van der Waals surface area (Å²) < 4.78 is 6.07. The molecule has 4 rings (SSSR count). The van der Waals surface area contributed by atoms with Crippen molar-refractivity contribution in [2.24, 2.45) is 0 Å². The van der Waals surface area contributed by atoms with Crippen molar-refractivity contribution in [3.05, 3.63) is 60.2 Å². The zero-order chi connectivity index (χ0) is 19.2. The molecule has 1 amide bonds. The molecule has 0 N–H and O–H groups in total. The fourth-order valence-electron chi connectivity index (χ4n) is 4.25. The van der Waals surface area contributed by atoms with Crippen LogP contribution in [0, 0.1) is 0 Å². The summed E-state index contributed by atoms with van der Waals surface area (Å²) in [5.74, 6) is 0.838. The van der Waals surface area contributed by atoms with E-state index in [9.17, 15) is 4.79 Å². The van der Waals surface area contributed by atoms with Crippen molar-refractivity contribution >= 4 is 11.6 Å². The van der Waals surface area contributed by atoms with Crippen molar-refractivity contribution in [1.82, 2.24) is 4.90 Å². The predicted octanol–water partition coefficient (Wildman–Crippen LogP) is 4.81. The van der Waals surface area contributed by atoms with Gasteiger partial charge in [-0.05, 0) is 57.5 Å². The van der Waals surface area contributed by atoms with Crippen molar-refractivity contribution in [3.8, 4) is 5.75 Å². The molecule has 0 spiro atoms. The van der Waals surface area contributed by atoms with E-state index in [1.165, 1.54) is 45.3 Å². The number of hydrogen-bond donors (Lipinski definition) is 0. The molecule has 1 fully saturated rings. The number of hydrogen-bond acceptors (Lipinski definition) is 3. The van der Waals surface area contributed by atoms with Crippen LogP contribution >= 0.6 is 0 Å². The third kappa shape index (κ3) is 4.39. The lowest BCUT2D eigenvalue weighted by Gasteiger charge is -2.34. The lowest BCUT2D eigenvalue weighted by Crippen LogP contribution is -2.41. The first-order valence-corrected chi connectivity index (χ1v) is 10.7. The summed E-state index contributed by atoms with van der Waals surface area (Å²) in [4.78, 5) is 17.7. The van der Waals surface area contributed by atoms with Crippen molar-refractivity contribution in [2.45, 2.75) is 44.6 Å². The van der Waals surface area contributed by atoms with Gasteiger partial charge in [-0.15, -0.1) is 0 Å². The number of nitrogens with zero attached hydrogens (tertiary/aromatic N) is 2. The van der Waals surface area contributed by atoms with Crippen molar-refractivity contribution in [2.75, 3.05) is 31.1 Å². The topological polar surface area (TPSA) is 32.8 Å². The molecule has 1 unspecified atom stereocenters. The zero-order valence-electron chi connectivity index (χ0n) is 16.6. The second kappa shape index (κ2) is 9.24. The van der Waals surface area contributed by atoms with Gasteiger partial charge in [-0.3, -0.25) is 4.79 Å². The number of carbonyl (C=O) groups is 1. The molecule has 2 aliphatic heterocycles. The number of piperidine rings is 1. The molecule has 0 saturated carbocycles. The third-order valence-electron chi connectivity index (χ3n) is 5.80. The van der Waals surface area contributed by atoms with Gasteiger partial charge in [-0.25, -0.2) is 0 Å². The number of amides is 1. The monoisotopic (exact) mass is 378 g/mol. The van der Waals surface area contributed by atoms with E-state index in [4.69, 9.17) is 4.74 Å². The van der Waals surface area contributed by atoms with Crippen LogP contribution in [-0.4, -0.2) is 37.0 Å². The summed E-state index contributed by atoms with van der Waals surface area (Å²) in [5, 5.41) is 0. The molecule has 1 atom stereocenters. The molecule has 2 aromatic rings. The highest BCUT2D eigenvalue weighted by atomic mass is 16.5. The smallest absolute Gasteiger partial charge is 0.272 e. The number of carbonyl (C=O) groups excluding carboxylic acids is 1. The summed E-state index contributed by atoms with van der Waals surface area (Å²) in [6.07, 6.45) is 6.92. The van der Waals surface area contributed by atoms with Crippen LogP contribution in [0.5, 0.6) is 5.75 Å². The number of fused-ring (bicyclic) bond motifs is 1. The fourth-order valence-corrected chi connectivity index (χ4v) is 4.25. The number of para-hydroxylation sites is 2. The molecule has 148 valence electrons. The van der Waals surface area contributed by atoms with Gasteiger partial charge < -0.3 is 14.5 Å². The van der Waals surface area contributed by atoms with Gasteiger partial charge in [0.2, 0.25) is 6.10 Å². The molecule has 0 bridgehead atoms. The highest BCUT2D eigenvalue weighted by molar-refractivity contribution is 6.00. The van der Waals surface area contributed by atoms with Crippen LogP contribution in [0.3, 0.4) is 0 Å². The second-order valence-electron chi connectivity index (χ2n) is 7.83. The van der Waals surface area contributed by atoms with Crippen LogP contribution < -0.4 is 9.64 Å². The Kier molecular flexibility index (Phi) is 6.27. The van der Waals surface area contributed by atoms with Gasteiger partial charge >= 0.3 is 0 Å². The van der Waals surface area contributed by atoms with Crippen molar-refractivity contribution in [3.63, 3.8) is 0 Å². The largest absolute Gasteiger partial charge is 0.474 e. The molecule has 0 aromatic heterocycles. The average molecular weight is 379 g/mol. The zero-order valence-corrected chi connectivity index (χ0v) is 16.6. The Morgan fingerprint density at radius 1 is 0.821 bits per heavy atom. The maximum absolute atomic E-state index is 13.2. The van der Waals surface area contributed by atoms with E-state index in [1.54, 1.807) is 0 Å². The molecule has 4 nitrogen and oxygen atoms in total. The fraction of sp³-hybridized carbons (Fsp3) is 0.458. The van der Waals surface area contributed by atoms with Gasteiger partial charge in [0.15, 0.2) is 0 Å². The first-order valence-electron chi connectivity index (χ1n) is 10.7. The molecular weight excluding hydrogens is 348 g/mol. The van der Waals surface area contributed by atoms with Crippen LogP contribution in [0.4, 0.5) is 5.69 Å². The molecule has 28 heavy (non-hydrogen) atoms. The number of rotatable bonds is 7.